The molecule has 0 heterocycles. The van der Waals surface area contributed by atoms with Crippen LogP contribution in [0.3, 0.4) is 0 Å². The number of ether oxygens (including phenoxy) is 2. The molecule has 0 spiro atoms. The maximum Gasteiger partial charge on any atom is 0.119 e. The summed E-state index contributed by atoms with van der Waals surface area (Å²) in [5, 5.41) is 0. The Balaban J connectivity index is 1.88. The van der Waals surface area contributed by atoms with Gasteiger partial charge in [-0.3, -0.25) is 0 Å². The number of quaternary nitrogens is 1. The van der Waals surface area contributed by atoms with Crippen LogP contribution in [0.4, 0.5) is 0 Å². The fraction of sp³-hybridized carbons (Fsp3) is 0.700. The molecule has 3 heteroatoms. The van der Waals surface area contributed by atoms with Gasteiger partial charge in [-0.15, -0.1) is 0 Å². The van der Waals surface area contributed by atoms with Gasteiger partial charge < -0.3 is 14.0 Å². The van der Waals surface area contributed by atoms with E-state index in [1.54, 1.807) is 7.11 Å². The average Bonchev–Trinajstić information content (AvgIpc) is 2.52. The van der Waals surface area contributed by atoms with E-state index in [4.69, 9.17) is 9.47 Å². The smallest absolute Gasteiger partial charge is 0.119 e. The zero-order valence-electron chi connectivity index (χ0n) is 15.6. The molecule has 0 atom stereocenters. The third-order valence-electron chi connectivity index (χ3n) is 4.05. The zero-order valence-corrected chi connectivity index (χ0v) is 15.6. The van der Waals surface area contributed by atoms with Crippen LogP contribution in [0.2, 0.25) is 0 Å². The lowest BCUT2D eigenvalue weighted by atomic mass is 10.1. The molecule has 0 unspecified atom stereocenters. The molecule has 0 aliphatic heterocycles. The van der Waals surface area contributed by atoms with Crippen molar-refractivity contribution in [1.82, 2.24) is 0 Å². The highest BCUT2D eigenvalue weighted by Crippen LogP contribution is 2.17. The predicted octanol–water partition coefficient (Wildman–Crippen LogP) is 4.90. The number of rotatable bonds is 13. The highest BCUT2D eigenvalue weighted by Gasteiger charge is 2.04. The van der Waals surface area contributed by atoms with Gasteiger partial charge in [0.15, 0.2) is 0 Å². The first-order valence-corrected chi connectivity index (χ1v) is 9.08. The first-order valence-electron chi connectivity index (χ1n) is 9.08. The SMILES string of the molecule is COc1ccc(OCCCCCCCCCC[N+](C)(C)C)cc1. The predicted molar refractivity (Wildman–Crippen MR) is 98.3 cm³/mol. The lowest BCUT2D eigenvalue weighted by molar-refractivity contribution is -0.870. The van der Waals surface area contributed by atoms with Gasteiger partial charge >= 0.3 is 0 Å². The van der Waals surface area contributed by atoms with E-state index in [-0.39, 0.29) is 0 Å². The summed E-state index contributed by atoms with van der Waals surface area (Å²) < 4.78 is 12.0. The molecule has 1 rings (SSSR count). The van der Waals surface area contributed by atoms with Crippen LogP contribution in [0.1, 0.15) is 51.4 Å². The highest BCUT2D eigenvalue weighted by molar-refractivity contribution is 5.31. The molecule has 0 aliphatic carbocycles. The summed E-state index contributed by atoms with van der Waals surface area (Å²) in [4.78, 5) is 0. The van der Waals surface area contributed by atoms with E-state index in [1.807, 2.05) is 24.3 Å². The zero-order chi connectivity index (χ0) is 17.0. The number of nitrogens with zero attached hydrogens (tertiary/aromatic N) is 1. The second kappa shape index (κ2) is 11.3. The molecule has 0 amide bonds. The molecular weight excluding hydrogens is 286 g/mol. The van der Waals surface area contributed by atoms with Crippen molar-refractivity contribution < 1.29 is 14.0 Å². The molecule has 0 fully saturated rings. The van der Waals surface area contributed by atoms with E-state index >= 15 is 0 Å². The highest BCUT2D eigenvalue weighted by atomic mass is 16.5. The third kappa shape index (κ3) is 11.0. The number of unbranched alkanes of at least 4 members (excludes halogenated alkanes) is 7. The molecule has 1 aromatic rings. The maximum absolute atomic E-state index is 5.74. The van der Waals surface area contributed by atoms with E-state index in [0.717, 1.165) is 29.0 Å². The Kier molecular flexibility index (Phi) is 9.77. The first-order chi connectivity index (χ1) is 11.0. The summed E-state index contributed by atoms with van der Waals surface area (Å²) in [6.07, 6.45) is 10.6. The lowest BCUT2D eigenvalue weighted by Gasteiger charge is -2.23. The number of hydrogen-bond acceptors (Lipinski definition) is 2. The van der Waals surface area contributed by atoms with Crippen LogP contribution >= 0.6 is 0 Å². The first kappa shape index (κ1) is 19.8. The van der Waals surface area contributed by atoms with Gasteiger partial charge in [0.05, 0.1) is 41.4 Å². The summed E-state index contributed by atoms with van der Waals surface area (Å²) >= 11 is 0. The van der Waals surface area contributed by atoms with Gasteiger partial charge in [-0.05, 0) is 43.5 Å². The number of methoxy groups -OCH3 is 1. The molecule has 23 heavy (non-hydrogen) atoms. The third-order valence-corrected chi connectivity index (χ3v) is 4.05. The minimum atomic E-state index is 0.815. The summed E-state index contributed by atoms with van der Waals surface area (Å²) in [6.45, 7) is 2.11. The Morgan fingerprint density at radius 3 is 1.70 bits per heavy atom. The fourth-order valence-corrected chi connectivity index (χ4v) is 2.61. The molecule has 1 aromatic carbocycles. The number of benzene rings is 1. The van der Waals surface area contributed by atoms with Crippen molar-refractivity contribution in [2.45, 2.75) is 51.4 Å². The Morgan fingerprint density at radius 2 is 1.17 bits per heavy atom. The van der Waals surface area contributed by atoms with E-state index < -0.39 is 0 Å². The largest absolute Gasteiger partial charge is 0.497 e. The molecule has 0 N–H and O–H groups in total. The van der Waals surface area contributed by atoms with Gasteiger partial charge in [0, 0.05) is 0 Å². The van der Waals surface area contributed by atoms with E-state index in [0.29, 0.717) is 0 Å². The lowest BCUT2D eigenvalue weighted by Crippen LogP contribution is -2.35. The second-order valence-electron chi connectivity index (χ2n) is 7.37. The number of hydrogen-bond donors (Lipinski definition) is 0. The quantitative estimate of drug-likeness (QED) is 0.380. The molecule has 0 saturated heterocycles. The van der Waals surface area contributed by atoms with Crippen LogP contribution < -0.4 is 9.47 Å². The van der Waals surface area contributed by atoms with Crippen LogP contribution in [0.25, 0.3) is 0 Å². The van der Waals surface area contributed by atoms with Gasteiger partial charge in [0.1, 0.15) is 11.5 Å². The van der Waals surface area contributed by atoms with Crippen molar-refractivity contribution in [3.05, 3.63) is 24.3 Å². The van der Waals surface area contributed by atoms with Crippen molar-refractivity contribution in [2.75, 3.05) is 41.4 Å². The van der Waals surface area contributed by atoms with Crippen LogP contribution in [0.15, 0.2) is 24.3 Å². The average molecular weight is 323 g/mol. The van der Waals surface area contributed by atoms with Gasteiger partial charge in [-0.2, -0.15) is 0 Å². The molecule has 0 aromatic heterocycles. The van der Waals surface area contributed by atoms with Gasteiger partial charge in [-0.25, -0.2) is 0 Å². The Labute approximate surface area is 143 Å². The van der Waals surface area contributed by atoms with Crippen LogP contribution in [-0.2, 0) is 0 Å². The van der Waals surface area contributed by atoms with Crippen LogP contribution in [-0.4, -0.2) is 45.9 Å². The summed E-state index contributed by atoms with van der Waals surface area (Å²) in [5.74, 6) is 1.81. The molecule has 0 aliphatic rings. The minimum absolute atomic E-state index is 0.815. The molecule has 3 nitrogen and oxygen atoms in total. The van der Waals surface area contributed by atoms with Gasteiger partial charge in [0.25, 0.3) is 0 Å². The Hall–Kier alpha value is -1.22. The van der Waals surface area contributed by atoms with E-state index in [1.165, 1.54) is 51.5 Å². The van der Waals surface area contributed by atoms with Crippen molar-refractivity contribution in [1.29, 1.82) is 0 Å². The van der Waals surface area contributed by atoms with Crippen molar-refractivity contribution in [3.63, 3.8) is 0 Å². The molecule has 0 saturated carbocycles. The molecular formula is C20H36NO2+. The Bertz CT molecular complexity index is 395. The van der Waals surface area contributed by atoms with E-state index in [9.17, 15) is 0 Å². The minimum Gasteiger partial charge on any atom is -0.497 e. The maximum atomic E-state index is 5.74. The topological polar surface area (TPSA) is 18.5 Å². The molecule has 0 bridgehead atoms. The van der Waals surface area contributed by atoms with Crippen LogP contribution in [0, 0.1) is 0 Å². The monoisotopic (exact) mass is 322 g/mol. The van der Waals surface area contributed by atoms with Crippen molar-refractivity contribution in [2.24, 2.45) is 0 Å². The van der Waals surface area contributed by atoms with Crippen molar-refractivity contribution in [3.8, 4) is 11.5 Å². The fourth-order valence-electron chi connectivity index (χ4n) is 2.61. The summed E-state index contributed by atoms with van der Waals surface area (Å²) in [7, 11) is 8.50. The Morgan fingerprint density at radius 1 is 0.696 bits per heavy atom. The normalized spacial score (nSPS) is 11.5. The standard InChI is InChI=1S/C20H36NO2/c1-21(2,3)17-11-9-7-5-6-8-10-12-18-23-20-15-13-19(22-4)14-16-20/h13-16H,5-12,17-18H2,1-4H3/q+1. The second-order valence-corrected chi connectivity index (χ2v) is 7.37. The van der Waals surface area contributed by atoms with Gasteiger partial charge in [-0.1, -0.05) is 32.1 Å². The summed E-state index contributed by atoms with van der Waals surface area (Å²) in [5.41, 5.74) is 0. The molecule has 0 radical (unpaired) electrons. The van der Waals surface area contributed by atoms with E-state index in [2.05, 4.69) is 21.1 Å². The van der Waals surface area contributed by atoms with Crippen molar-refractivity contribution >= 4 is 0 Å². The van der Waals surface area contributed by atoms with Gasteiger partial charge in [0.2, 0.25) is 0 Å². The summed E-state index contributed by atoms with van der Waals surface area (Å²) in [6, 6.07) is 7.81. The van der Waals surface area contributed by atoms with Crippen LogP contribution in [0.5, 0.6) is 11.5 Å². The molecule has 132 valence electrons.